The number of hydrogen-bond acceptors (Lipinski definition) is 3. The molecule has 0 amide bonds. The van der Waals surface area contributed by atoms with Crippen molar-refractivity contribution in [2.24, 2.45) is 0 Å². The first-order valence-corrected chi connectivity index (χ1v) is 6.62. The van der Waals surface area contributed by atoms with Gasteiger partial charge in [0.2, 0.25) is 0 Å². The minimum Gasteiger partial charge on any atom is -0.379 e. The molecule has 4 nitrogen and oxygen atoms in total. The Morgan fingerprint density at radius 2 is 2.11 bits per heavy atom. The van der Waals surface area contributed by atoms with Crippen molar-refractivity contribution in [2.45, 2.75) is 19.9 Å². The summed E-state index contributed by atoms with van der Waals surface area (Å²) in [6, 6.07) is 4.40. The molecule has 0 aromatic carbocycles. The summed E-state index contributed by atoms with van der Waals surface area (Å²) in [5.74, 6) is 0. The maximum atomic E-state index is 5.37. The van der Waals surface area contributed by atoms with Gasteiger partial charge >= 0.3 is 0 Å². The van der Waals surface area contributed by atoms with Crippen LogP contribution < -0.4 is 0 Å². The van der Waals surface area contributed by atoms with Gasteiger partial charge in [0.25, 0.3) is 0 Å². The van der Waals surface area contributed by atoms with Gasteiger partial charge in [-0.25, -0.2) is 4.52 Å². The van der Waals surface area contributed by atoms with Crippen LogP contribution in [0.2, 0.25) is 0 Å². The number of ether oxygens (including phenoxy) is 1. The largest absolute Gasteiger partial charge is 0.379 e. The average Bonchev–Trinajstić information content (AvgIpc) is 2.82. The van der Waals surface area contributed by atoms with Crippen LogP contribution in [0.4, 0.5) is 0 Å². The number of pyridine rings is 1. The van der Waals surface area contributed by atoms with Crippen LogP contribution in [-0.4, -0.2) is 40.8 Å². The lowest BCUT2D eigenvalue weighted by atomic mass is 10.2. The number of rotatable bonds is 3. The third-order valence-electron chi connectivity index (χ3n) is 3.55. The highest BCUT2D eigenvalue weighted by molar-refractivity contribution is 5.54. The molecule has 1 aliphatic heterocycles. The van der Waals surface area contributed by atoms with E-state index < -0.39 is 0 Å². The molecule has 3 rings (SSSR count). The maximum absolute atomic E-state index is 5.37. The number of hydrogen-bond donors (Lipinski definition) is 0. The van der Waals surface area contributed by atoms with Crippen molar-refractivity contribution < 1.29 is 4.74 Å². The van der Waals surface area contributed by atoms with Crippen LogP contribution in [0.15, 0.2) is 24.5 Å². The van der Waals surface area contributed by atoms with Gasteiger partial charge in [0.05, 0.1) is 24.9 Å². The van der Waals surface area contributed by atoms with Gasteiger partial charge < -0.3 is 4.74 Å². The Morgan fingerprint density at radius 3 is 2.89 bits per heavy atom. The van der Waals surface area contributed by atoms with E-state index in [-0.39, 0.29) is 0 Å². The molecule has 0 bridgehead atoms. The van der Waals surface area contributed by atoms with Gasteiger partial charge in [0, 0.05) is 25.8 Å². The van der Waals surface area contributed by atoms with E-state index in [0.717, 1.165) is 39.3 Å². The molecule has 3 heterocycles. The molecule has 0 unspecified atom stereocenters. The fourth-order valence-electron chi connectivity index (χ4n) is 2.46. The Hall–Kier alpha value is -1.39. The normalized spacial score (nSPS) is 17.4. The molecule has 0 saturated carbocycles. The Balaban J connectivity index is 1.80. The van der Waals surface area contributed by atoms with Crippen molar-refractivity contribution in [3.8, 4) is 0 Å². The van der Waals surface area contributed by atoms with Gasteiger partial charge in [-0.1, -0.05) is 13.0 Å². The van der Waals surface area contributed by atoms with Crippen LogP contribution >= 0.6 is 0 Å². The van der Waals surface area contributed by atoms with E-state index >= 15 is 0 Å². The average molecular weight is 245 g/mol. The molecule has 1 aliphatic rings. The molecule has 0 radical (unpaired) electrons. The van der Waals surface area contributed by atoms with E-state index in [1.165, 1.54) is 16.6 Å². The SMILES string of the molecule is CCc1cnn2cc(CN3CCOCC3)ccc12. The molecule has 0 spiro atoms. The minimum absolute atomic E-state index is 0.851. The maximum Gasteiger partial charge on any atom is 0.0693 e. The summed E-state index contributed by atoms with van der Waals surface area (Å²) in [7, 11) is 0. The molecule has 1 fully saturated rings. The summed E-state index contributed by atoms with van der Waals surface area (Å²) in [4.78, 5) is 2.43. The van der Waals surface area contributed by atoms with Crippen LogP contribution in [0, 0.1) is 0 Å². The first kappa shape index (κ1) is 11.7. The third kappa shape index (κ3) is 2.26. The van der Waals surface area contributed by atoms with Gasteiger partial charge in [-0.05, 0) is 23.6 Å². The van der Waals surface area contributed by atoms with Crippen molar-refractivity contribution in [2.75, 3.05) is 26.3 Å². The smallest absolute Gasteiger partial charge is 0.0693 e. The third-order valence-corrected chi connectivity index (χ3v) is 3.55. The summed E-state index contributed by atoms with van der Waals surface area (Å²) in [5, 5.41) is 4.42. The van der Waals surface area contributed by atoms with E-state index in [0.29, 0.717) is 0 Å². The first-order chi connectivity index (χ1) is 8.86. The molecule has 0 aliphatic carbocycles. The molecule has 96 valence electrons. The van der Waals surface area contributed by atoms with Gasteiger partial charge in [0.1, 0.15) is 0 Å². The quantitative estimate of drug-likeness (QED) is 0.825. The lowest BCUT2D eigenvalue weighted by Gasteiger charge is -2.26. The molecule has 4 heteroatoms. The molecule has 2 aromatic rings. The highest BCUT2D eigenvalue weighted by atomic mass is 16.5. The second kappa shape index (κ2) is 5.08. The number of morpholine rings is 1. The Labute approximate surface area is 107 Å². The number of nitrogens with zero attached hydrogens (tertiary/aromatic N) is 3. The van der Waals surface area contributed by atoms with Gasteiger partial charge in [-0.3, -0.25) is 4.90 Å². The topological polar surface area (TPSA) is 29.8 Å². The zero-order chi connectivity index (χ0) is 12.4. The summed E-state index contributed by atoms with van der Waals surface area (Å²) in [6.07, 6.45) is 5.14. The lowest BCUT2D eigenvalue weighted by Crippen LogP contribution is -2.35. The standard InChI is InChI=1S/C14H19N3O/c1-2-13-9-15-17-11-12(3-4-14(13)17)10-16-5-7-18-8-6-16/h3-4,9,11H,2,5-8,10H2,1H3. The molecule has 2 aromatic heterocycles. The highest BCUT2D eigenvalue weighted by Crippen LogP contribution is 2.14. The monoisotopic (exact) mass is 245 g/mol. The molecule has 18 heavy (non-hydrogen) atoms. The van der Waals surface area contributed by atoms with Gasteiger partial charge in [0.15, 0.2) is 0 Å². The van der Waals surface area contributed by atoms with Crippen molar-refractivity contribution >= 4 is 5.52 Å². The predicted octanol–water partition coefficient (Wildman–Crippen LogP) is 1.73. The second-order valence-corrected chi connectivity index (χ2v) is 4.78. The van der Waals surface area contributed by atoms with Crippen LogP contribution in [0.25, 0.3) is 5.52 Å². The van der Waals surface area contributed by atoms with Crippen LogP contribution in [0.3, 0.4) is 0 Å². The van der Waals surface area contributed by atoms with Crippen molar-refractivity contribution in [3.63, 3.8) is 0 Å². The van der Waals surface area contributed by atoms with Crippen LogP contribution in [-0.2, 0) is 17.7 Å². The fourth-order valence-corrected chi connectivity index (χ4v) is 2.46. The zero-order valence-corrected chi connectivity index (χ0v) is 10.8. The van der Waals surface area contributed by atoms with E-state index in [2.05, 4.69) is 35.3 Å². The van der Waals surface area contributed by atoms with Crippen LogP contribution in [0.5, 0.6) is 0 Å². The molecular formula is C14H19N3O. The number of aromatic nitrogens is 2. The summed E-state index contributed by atoms with van der Waals surface area (Å²) < 4.78 is 7.36. The highest BCUT2D eigenvalue weighted by Gasteiger charge is 2.11. The van der Waals surface area contributed by atoms with Crippen molar-refractivity contribution in [1.29, 1.82) is 0 Å². The van der Waals surface area contributed by atoms with E-state index in [4.69, 9.17) is 4.74 Å². The predicted molar refractivity (Wildman–Crippen MR) is 70.7 cm³/mol. The van der Waals surface area contributed by atoms with E-state index in [9.17, 15) is 0 Å². The molecule has 0 atom stereocenters. The number of aryl methyl sites for hydroxylation is 1. The van der Waals surface area contributed by atoms with Gasteiger partial charge in [-0.15, -0.1) is 0 Å². The number of fused-ring (bicyclic) bond motifs is 1. The fraction of sp³-hybridized carbons (Fsp3) is 0.500. The molecule has 1 saturated heterocycles. The van der Waals surface area contributed by atoms with E-state index in [1.807, 2.05) is 10.7 Å². The first-order valence-electron chi connectivity index (χ1n) is 6.62. The zero-order valence-electron chi connectivity index (χ0n) is 10.8. The van der Waals surface area contributed by atoms with Gasteiger partial charge in [-0.2, -0.15) is 5.10 Å². The molecule has 0 N–H and O–H groups in total. The Kier molecular flexibility index (Phi) is 3.30. The second-order valence-electron chi connectivity index (χ2n) is 4.78. The summed E-state index contributed by atoms with van der Waals surface area (Å²) in [6.45, 7) is 6.90. The summed E-state index contributed by atoms with van der Waals surface area (Å²) in [5.41, 5.74) is 3.85. The van der Waals surface area contributed by atoms with Crippen molar-refractivity contribution in [3.05, 3.63) is 35.7 Å². The Morgan fingerprint density at radius 1 is 1.28 bits per heavy atom. The van der Waals surface area contributed by atoms with Crippen LogP contribution in [0.1, 0.15) is 18.1 Å². The van der Waals surface area contributed by atoms with E-state index in [1.54, 1.807) is 0 Å². The molecular weight excluding hydrogens is 226 g/mol. The Bertz CT molecular complexity index is 529. The van der Waals surface area contributed by atoms with Crippen molar-refractivity contribution in [1.82, 2.24) is 14.5 Å². The summed E-state index contributed by atoms with van der Waals surface area (Å²) >= 11 is 0. The minimum atomic E-state index is 0.851. The lowest BCUT2D eigenvalue weighted by molar-refractivity contribution is 0.0341.